The molecule has 1 heterocycles. The zero-order chi connectivity index (χ0) is 15.5. The molecule has 0 radical (unpaired) electrons. The molecule has 2 aromatic rings. The van der Waals surface area contributed by atoms with Crippen LogP contribution in [0.3, 0.4) is 0 Å². The number of rotatable bonds is 3. The minimum atomic E-state index is 0.0711. The molecule has 0 aliphatic heterocycles. The normalized spacial score (nSPS) is 12.5. The first-order valence-electron chi connectivity index (χ1n) is 6.81. The molecule has 110 valence electrons. The number of benzene rings is 1. The van der Waals surface area contributed by atoms with Crippen LogP contribution in [0.1, 0.15) is 32.0 Å². The van der Waals surface area contributed by atoms with Gasteiger partial charge in [-0.3, -0.25) is 9.98 Å². The summed E-state index contributed by atoms with van der Waals surface area (Å²) >= 11 is 3.44. The summed E-state index contributed by atoms with van der Waals surface area (Å²) in [6.45, 7) is 7.05. The quantitative estimate of drug-likeness (QED) is 0.835. The van der Waals surface area contributed by atoms with Crippen molar-refractivity contribution in [3.05, 3.63) is 58.3 Å². The molecule has 0 bridgehead atoms. The lowest BCUT2D eigenvalue weighted by molar-refractivity contribution is 0.429. The second-order valence-corrected chi connectivity index (χ2v) is 7.02. The average Bonchev–Trinajstić information content (AvgIpc) is 2.43. The van der Waals surface area contributed by atoms with E-state index in [0.29, 0.717) is 17.8 Å². The van der Waals surface area contributed by atoms with E-state index in [9.17, 15) is 5.11 Å². The molecule has 0 saturated carbocycles. The van der Waals surface area contributed by atoms with Gasteiger partial charge in [0, 0.05) is 22.8 Å². The lowest BCUT2D eigenvalue weighted by atomic mass is 9.96. The number of aromatic nitrogens is 1. The predicted octanol–water partition coefficient (Wildman–Crippen LogP) is 4.43. The fraction of sp³-hybridized carbons (Fsp3) is 0.294. The molecule has 0 aliphatic rings. The Morgan fingerprint density at radius 3 is 2.62 bits per heavy atom. The number of phenols is 1. The van der Waals surface area contributed by atoms with Crippen LogP contribution in [-0.2, 0) is 0 Å². The molecule has 0 saturated heterocycles. The van der Waals surface area contributed by atoms with Gasteiger partial charge < -0.3 is 5.11 Å². The van der Waals surface area contributed by atoms with Gasteiger partial charge >= 0.3 is 0 Å². The van der Waals surface area contributed by atoms with Crippen LogP contribution in [0.5, 0.6) is 5.75 Å². The molecule has 0 atom stereocenters. The third-order valence-corrected chi connectivity index (χ3v) is 3.33. The fourth-order valence-electron chi connectivity index (χ4n) is 1.82. The van der Waals surface area contributed by atoms with Gasteiger partial charge in [0.15, 0.2) is 0 Å². The molecular formula is C17H19BrN2O. The summed E-state index contributed by atoms with van der Waals surface area (Å²) in [5.41, 5.74) is 2.23. The summed E-state index contributed by atoms with van der Waals surface area (Å²) < 4.78 is 0.898. The Labute approximate surface area is 133 Å². The van der Waals surface area contributed by atoms with E-state index in [0.717, 1.165) is 10.2 Å². The minimum absolute atomic E-state index is 0.0711. The van der Waals surface area contributed by atoms with Gasteiger partial charge in [0.2, 0.25) is 0 Å². The summed E-state index contributed by atoms with van der Waals surface area (Å²) in [5, 5.41) is 10.2. The van der Waals surface area contributed by atoms with Crippen LogP contribution < -0.4 is 0 Å². The number of hydrogen-bond acceptors (Lipinski definition) is 3. The Morgan fingerprint density at radius 1 is 1.24 bits per heavy atom. The van der Waals surface area contributed by atoms with E-state index < -0.39 is 0 Å². The van der Waals surface area contributed by atoms with Crippen LogP contribution >= 0.6 is 15.9 Å². The molecular weight excluding hydrogens is 328 g/mol. The molecule has 3 nitrogen and oxygen atoms in total. The largest absolute Gasteiger partial charge is 0.507 e. The Morgan fingerprint density at radius 2 is 2.00 bits per heavy atom. The zero-order valence-corrected chi connectivity index (χ0v) is 14.1. The van der Waals surface area contributed by atoms with E-state index in [-0.39, 0.29) is 11.2 Å². The molecule has 2 rings (SSSR count). The summed E-state index contributed by atoms with van der Waals surface area (Å²) in [7, 11) is 0. The van der Waals surface area contributed by atoms with Crippen molar-refractivity contribution in [1.29, 1.82) is 0 Å². The highest BCUT2D eigenvalue weighted by molar-refractivity contribution is 9.10. The summed E-state index contributed by atoms with van der Waals surface area (Å²) in [5.74, 6) is 0.205. The van der Waals surface area contributed by atoms with E-state index in [1.165, 1.54) is 0 Å². The van der Waals surface area contributed by atoms with Gasteiger partial charge in [0.25, 0.3) is 0 Å². The van der Waals surface area contributed by atoms with Crippen molar-refractivity contribution < 1.29 is 5.11 Å². The number of halogens is 1. The number of phenolic OH excluding ortho intramolecular Hbond substituents is 1. The molecule has 0 amide bonds. The molecule has 0 aliphatic carbocycles. The first-order valence-corrected chi connectivity index (χ1v) is 7.61. The molecule has 0 spiro atoms. The molecule has 1 aromatic carbocycles. The molecule has 0 fully saturated rings. The van der Waals surface area contributed by atoms with E-state index in [2.05, 4.69) is 41.7 Å². The van der Waals surface area contributed by atoms with Gasteiger partial charge in [-0.2, -0.15) is 0 Å². The van der Waals surface area contributed by atoms with Crippen molar-refractivity contribution in [3.8, 4) is 5.75 Å². The second-order valence-electron chi connectivity index (χ2n) is 6.10. The minimum Gasteiger partial charge on any atom is -0.507 e. The van der Waals surface area contributed by atoms with Gasteiger partial charge in [0.05, 0.1) is 11.4 Å². The molecule has 4 heteroatoms. The number of aromatic hydroxyl groups is 1. The maximum absolute atomic E-state index is 10.2. The molecule has 21 heavy (non-hydrogen) atoms. The van der Waals surface area contributed by atoms with Gasteiger partial charge in [-0.25, -0.2) is 0 Å². The highest BCUT2D eigenvalue weighted by Crippen LogP contribution is 2.25. The maximum atomic E-state index is 10.2. The lowest BCUT2D eigenvalue weighted by Gasteiger charge is -2.16. The number of hydrogen-bond donors (Lipinski definition) is 1. The van der Waals surface area contributed by atoms with Crippen LogP contribution in [-0.4, -0.2) is 22.3 Å². The highest BCUT2D eigenvalue weighted by atomic mass is 79.9. The first-order chi connectivity index (χ1) is 9.87. The smallest absolute Gasteiger partial charge is 0.125 e. The van der Waals surface area contributed by atoms with Crippen LogP contribution in [0.4, 0.5) is 0 Å². The third-order valence-electron chi connectivity index (χ3n) is 2.83. The fourth-order valence-corrected chi connectivity index (χ4v) is 2.18. The van der Waals surface area contributed by atoms with Crippen molar-refractivity contribution in [2.45, 2.75) is 20.8 Å². The van der Waals surface area contributed by atoms with Gasteiger partial charge in [-0.15, -0.1) is 0 Å². The number of aliphatic imine (C=N–C) groups is 1. The number of pyridine rings is 1. The van der Waals surface area contributed by atoms with Crippen molar-refractivity contribution in [2.24, 2.45) is 10.4 Å². The van der Waals surface area contributed by atoms with Crippen molar-refractivity contribution in [1.82, 2.24) is 4.98 Å². The Bertz CT molecular complexity index is 646. The van der Waals surface area contributed by atoms with Gasteiger partial charge in [-0.05, 0) is 35.7 Å². The summed E-state index contributed by atoms with van der Waals surface area (Å²) in [6, 6.07) is 11.0. The standard InChI is InChI=1S/C17H19BrN2O/c1-17(2,3)11-20-16(14-6-4-5-9-19-14)13-10-12(18)7-8-15(13)21/h4-10,21H,11H2,1-3H3/b20-16-. The highest BCUT2D eigenvalue weighted by Gasteiger charge is 2.16. The predicted molar refractivity (Wildman–Crippen MR) is 90.0 cm³/mol. The van der Waals surface area contributed by atoms with Gasteiger partial charge in [-0.1, -0.05) is 42.8 Å². The van der Waals surface area contributed by atoms with Crippen LogP contribution in [0.2, 0.25) is 0 Å². The van der Waals surface area contributed by atoms with Crippen molar-refractivity contribution in [3.63, 3.8) is 0 Å². The van der Waals surface area contributed by atoms with Crippen LogP contribution in [0.25, 0.3) is 0 Å². The zero-order valence-electron chi connectivity index (χ0n) is 12.5. The lowest BCUT2D eigenvalue weighted by Crippen LogP contribution is -2.14. The summed E-state index contributed by atoms with van der Waals surface area (Å²) in [6.07, 6.45) is 1.73. The topological polar surface area (TPSA) is 45.5 Å². The van der Waals surface area contributed by atoms with E-state index in [1.807, 2.05) is 24.3 Å². The van der Waals surface area contributed by atoms with Gasteiger partial charge in [0.1, 0.15) is 5.75 Å². The van der Waals surface area contributed by atoms with E-state index in [4.69, 9.17) is 4.99 Å². The summed E-state index contributed by atoms with van der Waals surface area (Å²) in [4.78, 5) is 9.08. The Hall–Kier alpha value is -1.68. The average molecular weight is 347 g/mol. The van der Waals surface area contributed by atoms with E-state index in [1.54, 1.807) is 18.3 Å². The molecule has 1 aromatic heterocycles. The van der Waals surface area contributed by atoms with E-state index >= 15 is 0 Å². The third kappa shape index (κ3) is 4.39. The van der Waals surface area contributed by atoms with Crippen LogP contribution in [0.15, 0.2) is 52.1 Å². The molecule has 0 unspecified atom stereocenters. The molecule has 1 N–H and O–H groups in total. The van der Waals surface area contributed by atoms with Crippen molar-refractivity contribution >= 4 is 21.6 Å². The Balaban J connectivity index is 2.53. The monoisotopic (exact) mass is 346 g/mol. The SMILES string of the molecule is CC(C)(C)C/N=C(\c1ccccn1)c1cc(Br)ccc1O. The first kappa shape index (κ1) is 15.7. The van der Waals surface area contributed by atoms with Crippen LogP contribution in [0, 0.1) is 5.41 Å². The maximum Gasteiger partial charge on any atom is 0.125 e. The second kappa shape index (κ2) is 6.39. The van der Waals surface area contributed by atoms with Crippen molar-refractivity contribution in [2.75, 3.05) is 6.54 Å². The number of nitrogens with zero attached hydrogens (tertiary/aromatic N) is 2. The Kier molecular flexibility index (Phi) is 4.78.